The van der Waals surface area contributed by atoms with Crippen molar-refractivity contribution in [2.45, 2.75) is 122 Å². The molecule has 1 aliphatic rings. The summed E-state index contributed by atoms with van der Waals surface area (Å²) in [5.41, 5.74) is 16.9. The summed E-state index contributed by atoms with van der Waals surface area (Å²) >= 11 is 0. The minimum atomic E-state index is -1.38. The fraction of sp³-hybridized carbons (Fsp3) is 0.605. The van der Waals surface area contributed by atoms with Gasteiger partial charge in [-0.15, -0.1) is 0 Å². The number of benzene rings is 1. The molecular weight excluding hydrogens is 835 g/mol. The van der Waals surface area contributed by atoms with Crippen molar-refractivity contribution < 1.29 is 58.2 Å². The number of guanidine groups is 1. The Morgan fingerprint density at radius 3 is 2.16 bits per heavy atom. The molecule has 0 bridgehead atoms. The van der Waals surface area contributed by atoms with E-state index in [4.69, 9.17) is 17.2 Å². The van der Waals surface area contributed by atoms with Crippen LogP contribution < -0.4 is 43.8 Å². The van der Waals surface area contributed by atoms with Gasteiger partial charge in [-0.1, -0.05) is 30.3 Å². The van der Waals surface area contributed by atoms with Gasteiger partial charge in [0.25, 0.3) is 0 Å². The molecule has 354 valence electrons. The van der Waals surface area contributed by atoms with Crippen molar-refractivity contribution in [3.63, 3.8) is 0 Å². The van der Waals surface area contributed by atoms with Gasteiger partial charge in [-0.25, -0.2) is 0 Å². The number of nitrogens with two attached hydrogens (primary N) is 3. The van der Waals surface area contributed by atoms with Crippen LogP contribution in [0.3, 0.4) is 0 Å². The normalized spacial score (nSPS) is 22.7. The molecule has 64 heavy (non-hydrogen) atoms. The Balaban J connectivity index is 2.60. The van der Waals surface area contributed by atoms with Crippen molar-refractivity contribution in [2.24, 2.45) is 39.9 Å². The van der Waals surface area contributed by atoms with E-state index in [1.54, 1.807) is 30.3 Å². The summed E-state index contributed by atoms with van der Waals surface area (Å²) < 4.78 is 0. The minimum Gasteiger partial charge on any atom is -0.393 e. The van der Waals surface area contributed by atoms with Crippen LogP contribution in [-0.4, -0.2) is 131 Å². The van der Waals surface area contributed by atoms with Gasteiger partial charge in [0.2, 0.25) is 29.5 Å². The summed E-state index contributed by atoms with van der Waals surface area (Å²) in [6, 6.07) is 4.54. The zero-order valence-electron chi connectivity index (χ0n) is 36.8. The molecule has 1 fully saturated rings. The third-order valence-corrected chi connectivity index (χ3v) is 10.8. The molecule has 0 radical (unpaired) electrons. The van der Waals surface area contributed by atoms with Crippen molar-refractivity contribution in [2.75, 3.05) is 26.2 Å². The first-order valence-electron chi connectivity index (χ1n) is 21.4. The van der Waals surface area contributed by atoms with E-state index in [9.17, 15) is 58.2 Å². The monoisotopic (exact) mass is 899 g/mol. The van der Waals surface area contributed by atoms with Gasteiger partial charge in [0.05, 0.1) is 31.2 Å². The van der Waals surface area contributed by atoms with E-state index in [0.717, 1.165) is 0 Å². The Kier molecular flexibility index (Phi) is 23.7. The molecule has 0 spiro atoms. The first-order valence-corrected chi connectivity index (χ1v) is 21.4. The number of hydrogen-bond donors (Lipinski definition) is 10. The van der Waals surface area contributed by atoms with E-state index in [0.29, 0.717) is 5.56 Å². The number of amides is 5. The predicted octanol–water partition coefficient (Wildman–Crippen LogP) is -2.46. The summed E-state index contributed by atoms with van der Waals surface area (Å²) in [4.78, 5) is 137. The smallest absolute Gasteiger partial charge is 0.243 e. The first kappa shape index (κ1) is 54.2. The maximum Gasteiger partial charge on any atom is 0.243 e. The third kappa shape index (κ3) is 20.1. The van der Waals surface area contributed by atoms with Crippen molar-refractivity contribution >= 4 is 64.4 Å². The molecule has 8 atom stereocenters. The second-order valence-corrected chi connectivity index (χ2v) is 16.1. The number of carbonyl (C=O) groups is 10. The minimum absolute atomic E-state index is 0.0552. The zero-order chi connectivity index (χ0) is 47.9. The van der Waals surface area contributed by atoms with Gasteiger partial charge in [-0.2, -0.15) is 0 Å². The molecule has 0 aromatic heterocycles. The molecule has 21 nitrogen and oxygen atoms in total. The molecule has 1 aliphatic heterocycles. The lowest BCUT2D eigenvalue weighted by Gasteiger charge is -2.26. The molecule has 1 heterocycles. The van der Waals surface area contributed by atoms with Crippen LogP contribution >= 0.6 is 0 Å². The molecule has 1 aromatic carbocycles. The standard InChI is InChI=1S/C43H65N9O12/c1-24(53)31(25(2)54)21-36(58)28-11-13-38(60)47-17-15-34(50-39(61)14-12-29(56)22-44)42(64)51-33(10-7-16-48-43(45)46)41(63)52-35(18-27-8-5-4-6-9-27)40(62)49-23-30(57)20-32(26(3)55)37(59)19-28/h4-6,8-9,24,26,28,31-35,53,55H,7,10-23,44H2,1-3H3,(H,47,60)(H,49,62)(H,50,61)(H,51,64)(H,52,63)(H4,45,46,48)/t24-,26-,28-,31+,32+,33+,34+,35+/m1/s1. The Bertz CT molecular complexity index is 1840. The molecule has 21 heteroatoms. The fourth-order valence-electron chi connectivity index (χ4n) is 7.00. The number of carbonyl (C=O) groups excluding carboxylic acids is 10. The number of aliphatic hydroxyl groups is 2. The van der Waals surface area contributed by atoms with Gasteiger partial charge in [-0.05, 0) is 52.0 Å². The van der Waals surface area contributed by atoms with Crippen LogP contribution in [0.5, 0.6) is 0 Å². The van der Waals surface area contributed by atoms with E-state index in [1.165, 1.54) is 20.8 Å². The van der Waals surface area contributed by atoms with E-state index in [-0.39, 0.29) is 77.0 Å². The lowest BCUT2D eigenvalue weighted by atomic mass is 9.81. The van der Waals surface area contributed by atoms with Crippen LogP contribution in [-0.2, 0) is 54.4 Å². The number of aliphatic hydroxyl groups excluding tert-OH is 2. The van der Waals surface area contributed by atoms with E-state index < -0.39 is 132 Å². The number of aliphatic imine (C=N–C) groups is 1. The van der Waals surface area contributed by atoms with Crippen molar-refractivity contribution in [1.82, 2.24) is 26.6 Å². The Morgan fingerprint density at radius 1 is 0.875 bits per heavy atom. The molecular formula is C43H65N9O12. The molecule has 13 N–H and O–H groups in total. The highest BCUT2D eigenvalue weighted by Gasteiger charge is 2.35. The highest BCUT2D eigenvalue weighted by atomic mass is 16.3. The second kappa shape index (κ2) is 28.0. The summed E-state index contributed by atoms with van der Waals surface area (Å²) in [7, 11) is 0. The number of rotatable bonds is 17. The topological polar surface area (TPSA) is 362 Å². The summed E-state index contributed by atoms with van der Waals surface area (Å²) in [5, 5.41) is 33.7. The van der Waals surface area contributed by atoms with Gasteiger partial charge in [0.1, 0.15) is 41.3 Å². The molecule has 0 saturated carbocycles. The van der Waals surface area contributed by atoms with Crippen LogP contribution in [0.1, 0.15) is 90.5 Å². The number of hydrogen-bond acceptors (Lipinski definition) is 14. The number of ketones is 5. The molecule has 2 rings (SSSR count). The summed E-state index contributed by atoms with van der Waals surface area (Å²) in [5.74, 6) is -10.5. The van der Waals surface area contributed by atoms with Gasteiger partial charge in [0.15, 0.2) is 11.7 Å². The number of nitrogens with zero attached hydrogens (tertiary/aromatic N) is 1. The van der Waals surface area contributed by atoms with Crippen molar-refractivity contribution in [1.29, 1.82) is 0 Å². The number of Topliss-reactive ketones (excluding diaryl/α,β-unsaturated/α-hetero) is 5. The average Bonchev–Trinajstić information content (AvgIpc) is 3.23. The lowest BCUT2D eigenvalue weighted by Crippen LogP contribution is -2.57. The van der Waals surface area contributed by atoms with Gasteiger partial charge >= 0.3 is 0 Å². The summed E-state index contributed by atoms with van der Waals surface area (Å²) in [6.45, 7) is 2.74. The highest BCUT2D eigenvalue weighted by molar-refractivity contribution is 5.97. The molecule has 5 amide bonds. The summed E-state index contributed by atoms with van der Waals surface area (Å²) in [6.07, 6.45) is -5.36. The predicted molar refractivity (Wildman–Crippen MR) is 232 cm³/mol. The Hall–Kier alpha value is -5.93. The zero-order valence-corrected chi connectivity index (χ0v) is 36.8. The van der Waals surface area contributed by atoms with E-state index >= 15 is 0 Å². The lowest BCUT2D eigenvalue weighted by molar-refractivity contribution is -0.137. The van der Waals surface area contributed by atoms with Crippen LogP contribution in [0.4, 0.5) is 0 Å². The molecule has 0 aliphatic carbocycles. The van der Waals surface area contributed by atoms with Crippen LogP contribution in [0.15, 0.2) is 35.3 Å². The van der Waals surface area contributed by atoms with Gasteiger partial charge in [-0.3, -0.25) is 52.9 Å². The van der Waals surface area contributed by atoms with Crippen molar-refractivity contribution in [3.8, 4) is 0 Å². The molecule has 0 unspecified atom stereocenters. The SMILES string of the molecule is CC(=O)[C@@H](CC(=O)[C@@H]1CCC(=O)NCC[C@H](NC(=O)CCC(=O)CN)C(=O)N[C@@H](CCCN=C(N)N)C(=O)N[C@@H](Cc2ccccc2)C(=O)NCC(=O)C[C@@H]([C@@H](C)O)C(=O)C1)[C@@H](C)O. The Labute approximate surface area is 372 Å². The van der Waals surface area contributed by atoms with E-state index in [2.05, 4.69) is 31.6 Å². The molecule has 1 aromatic rings. The maximum absolute atomic E-state index is 14.0. The van der Waals surface area contributed by atoms with E-state index in [1.807, 2.05) is 0 Å². The third-order valence-electron chi connectivity index (χ3n) is 10.8. The van der Waals surface area contributed by atoms with Crippen molar-refractivity contribution in [3.05, 3.63) is 35.9 Å². The molecule has 1 saturated heterocycles. The second-order valence-electron chi connectivity index (χ2n) is 16.1. The Morgan fingerprint density at radius 2 is 1.55 bits per heavy atom. The van der Waals surface area contributed by atoms with Crippen LogP contribution in [0.25, 0.3) is 0 Å². The highest BCUT2D eigenvalue weighted by Crippen LogP contribution is 2.24. The largest absolute Gasteiger partial charge is 0.393 e. The quantitative estimate of drug-likeness (QED) is 0.0440. The fourth-order valence-corrected chi connectivity index (χ4v) is 7.00. The number of nitrogens with one attached hydrogen (secondary N) is 5. The first-order chi connectivity index (χ1) is 30.2. The van der Waals surface area contributed by atoms with Crippen LogP contribution in [0.2, 0.25) is 0 Å². The maximum atomic E-state index is 14.0. The van der Waals surface area contributed by atoms with Crippen LogP contribution in [0, 0.1) is 17.8 Å². The van der Waals surface area contributed by atoms with Gasteiger partial charge in [0, 0.05) is 69.9 Å². The average molecular weight is 900 g/mol. The van der Waals surface area contributed by atoms with Gasteiger partial charge < -0.3 is 54.0 Å².